The van der Waals surface area contributed by atoms with Crippen LogP contribution in [0.3, 0.4) is 0 Å². The minimum atomic E-state index is 0.515. The molecule has 1 aromatic carbocycles. The summed E-state index contributed by atoms with van der Waals surface area (Å²) < 4.78 is 0. The smallest absolute Gasteiger partial charge is 0.188 e. The number of halogens is 1. The molecule has 0 aliphatic carbocycles. The monoisotopic (exact) mass is 338 g/mol. The van der Waals surface area contributed by atoms with Crippen LogP contribution in [0.25, 0.3) is 11.0 Å². The number of benzene rings is 1. The van der Waals surface area contributed by atoms with Crippen LogP contribution >= 0.6 is 11.6 Å². The number of fused-ring (bicyclic) bond motifs is 1. The minimum absolute atomic E-state index is 0.515. The van der Waals surface area contributed by atoms with Crippen LogP contribution in [0, 0.1) is 0 Å². The fourth-order valence-electron chi connectivity index (χ4n) is 2.21. The van der Waals surface area contributed by atoms with Crippen LogP contribution in [-0.2, 0) is 0 Å². The molecule has 3 heterocycles. The van der Waals surface area contributed by atoms with E-state index in [4.69, 9.17) is 11.6 Å². The van der Waals surface area contributed by atoms with Crippen molar-refractivity contribution < 1.29 is 0 Å². The highest BCUT2D eigenvalue weighted by Gasteiger charge is 2.12. The third kappa shape index (κ3) is 2.82. The Morgan fingerprint density at radius 1 is 1.21 bits per heavy atom. The van der Waals surface area contributed by atoms with Crippen LogP contribution < -0.4 is 5.32 Å². The van der Waals surface area contributed by atoms with E-state index in [2.05, 4.69) is 40.4 Å². The van der Waals surface area contributed by atoms with Crippen molar-refractivity contribution in [1.29, 1.82) is 0 Å². The van der Waals surface area contributed by atoms with Crippen LogP contribution in [-0.4, -0.2) is 36.3 Å². The lowest BCUT2D eigenvalue weighted by Gasteiger charge is -2.06. The molecule has 0 bridgehead atoms. The lowest BCUT2D eigenvalue weighted by Crippen LogP contribution is -1.95. The fraction of sp³-hybridized carbons (Fsp3) is 0. The standard InChI is InChI=1S/C15H11ClN8/c16-9-2-1-3-10(6-9)22-13-12-14(19-7-11-17-4-5-18-11)23-24-15(12)21-8-20-13/h1-8H,(H,17,18)(H2,20,21,22,23,24)/b19-7+. The van der Waals surface area contributed by atoms with Crippen LogP contribution in [0.1, 0.15) is 5.82 Å². The summed E-state index contributed by atoms with van der Waals surface area (Å²) in [5.74, 6) is 1.76. The molecule has 0 unspecified atom stereocenters. The SMILES string of the molecule is Clc1cccc(Nc2ncnc3n[nH]c(/N=C/c4ncc[nH]4)c23)c1. The number of aromatic nitrogens is 6. The maximum absolute atomic E-state index is 6.02. The number of nitrogens with one attached hydrogen (secondary N) is 3. The molecule has 0 spiro atoms. The molecule has 0 radical (unpaired) electrons. The lowest BCUT2D eigenvalue weighted by atomic mass is 10.3. The Balaban J connectivity index is 1.74. The molecule has 0 atom stereocenters. The van der Waals surface area contributed by atoms with Crippen LogP contribution in [0.2, 0.25) is 5.02 Å². The van der Waals surface area contributed by atoms with Crippen molar-refractivity contribution in [3.8, 4) is 0 Å². The molecule has 0 aliphatic heterocycles. The predicted octanol–water partition coefficient (Wildman–Crippen LogP) is 3.22. The highest BCUT2D eigenvalue weighted by atomic mass is 35.5. The molecule has 3 N–H and O–H groups in total. The Hall–Kier alpha value is -3.26. The van der Waals surface area contributed by atoms with E-state index in [1.54, 1.807) is 30.7 Å². The molecular formula is C15H11ClN8. The van der Waals surface area contributed by atoms with Gasteiger partial charge in [-0.05, 0) is 18.2 Å². The number of H-pyrrole nitrogens is 2. The number of hydrogen-bond acceptors (Lipinski definition) is 6. The molecule has 0 saturated carbocycles. The maximum Gasteiger partial charge on any atom is 0.188 e. The van der Waals surface area contributed by atoms with E-state index < -0.39 is 0 Å². The number of aliphatic imine (C=N–C) groups is 1. The van der Waals surface area contributed by atoms with Crippen LogP contribution in [0.4, 0.5) is 17.3 Å². The molecule has 3 aromatic heterocycles. The van der Waals surface area contributed by atoms with E-state index in [1.807, 2.05) is 12.1 Å². The van der Waals surface area contributed by atoms with E-state index in [9.17, 15) is 0 Å². The van der Waals surface area contributed by atoms with Crippen LogP contribution in [0.5, 0.6) is 0 Å². The Morgan fingerprint density at radius 2 is 2.17 bits per heavy atom. The first-order chi connectivity index (χ1) is 11.8. The molecule has 0 saturated heterocycles. The molecule has 4 rings (SSSR count). The van der Waals surface area contributed by atoms with E-state index in [0.29, 0.717) is 33.5 Å². The Kier molecular flexibility index (Phi) is 3.64. The van der Waals surface area contributed by atoms with Gasteiger partial charge >= 0.3 is 0 Å². The third-order valence-corrected chi connectivity index (χ3v) is 3.49. The van der Waals surface area contributed by atoms with Gasteiger partial charge in [0.1, 0.15) is 23.4 Å². The quantitative estimate of drug-likeness (QED) is 0.495. The van der Waals surface area contributed by atoms with Gasteiger partial charge in [0.05, 0.1) is 6.21 Å². The lowest BCUT2D eigenvalue weighted by molar-refractivity contribution is 1.08. The summed E-state index contributed by atoms with van der Waals surface area (Å²) in [5.41, 5.74) is 1.32. The third-order valence-electron chi connectivity index (χ3n) is 3.25. The Bertz CT molecular complexity index is 1010. The average molecular weight is 339 g/mol. The second-order valence-corrected chi connectivity index (χ2v) is 5.30. The van der Waals surface area contributed by atoms with Gasteiger partial charge < -0.3 is 10.3 Å². The summed E-state index contributed by atoms with van der Waals surface area (Å²) in [6.07, 6.45) is 6.42. The molecule has 118 valence electrons. The van der Waals surface area contributed by atoms with Gasteiger partial charge in [-0.25, -0.2) is 19.9 Å². The zero-order valence-electron chi connectivity index (χ0n) is 12.2. The van der Waals surface area contributed by atoms with Crippen molar-refractivity contribution in [3.05, 3.63) is 53.8 Å². The largest absolute Gasteiger partial charge is 0.344 e. The summed E-state index contributed by atoms with van der Waals surface area (Å²) in [4.78, 5) is 19.9. The summed E-state index contributed by atoms with van der Waals surface area (Å²) in [6, 6.07) is 7.36. The number of anilines is 2. The van der Waals surface area contributed by atoms with Gasteiger partial charge in [0, 0.05) is 23.1 Å². The first-order valence-corrected chi connectivity index (χ1v) is 7.42. The predicted molar refractivity (Wildman–Crippen MR) is 92.3 cm³/mol. The summed E-state index contributed by atoms with van der Waals surface area (Å²) in [7, 11) is 0. The van der Waals surface area contributed by atoms with Gasteiger partial charge in [-0.3, -0.25) is 5.10 Å². The fourth-order valence-corrected chi connectivity index (χ4v) is 2.40. The van der Waals surface area contributed by atoms with Gasteiger partial charge in [0.15, 0.2) is 11.5 Å². The average Bonchev–Trinajstić information content (AvgIpc) is 3.23. The topological polar surface area (TPSA) is 108 Å². The highest BCUT2D eigenvalue weighted by molar-refractivity contribution is 6.30. The molecule has 4 aromatic rings. The summed E-state index contributed by atoms with van der Waals surface area (Å²) in [6.45, 7) is 0. The first-order valence-electron chi connectivity index (χ1n) is 7.05. The minimum Gasteiger partial charge on any atom is -0.344 e. The molecule has 0 fully saturated rings. The van der Waals surface area contributed by atoms with Crippen LogP contribution in [0.15, 0.2) is 48.0 Å². The number of aromatic amines is 2. The Morgan fingerprint density at radius 3 is 3.00 bits per heavy atom. The Labute approximate surface area is 141 Å². The highest BCUT2D eigenvalue weighted by Crippen LogP contribution is 2.30. The van der Waals surface area contributed by atoms with Gasteiger partial charge in [-0.1, -0.05) is 17.7 Å². The van der Waals surface area contributed by atoms with E-state index in [1.165, 1.54) is 6.33 Å². The maximum atomic E-state index is 6.02. The summed E-state index contributed by atoms with van der Waals surface area (Å²) >= 11 is 6.02. The van der Waals surface area contributed by atoms with Gasteiger partial charge in [-0.2, -0.15) is 5.10 Å². The van der Waals surface area contributed by atoms with Crippen molar-refractivity contribution in [2.75, 3.05) is 5.32 Å². The van der Waals surface area contributed by atoms with Gasteiger partial charge in [0.2, 0.25) is 0 Å². The number of imidazole rings is 1. The molecule has 0 aliphatic rings. The number of hydrogen-bond donors (Lipinski definition) is 3. The van der Waals surface area contributed by atoms with Crippen molar-refractivity contribution >= 4 is 46.2 Å². The van der Waals surface area contributed by atoms with Crippen molar-refractivity contribution in [1.82, 2.24) is 30.1 Å². The normalized spacial score (nSPS) is 11.4. The second-order valence-electron chi connectivity index (χ2n) is 4.86. The van der Waals surface area contributed by atoms with Crippen molar-refractivity contribution in [3.63, 3.8) is 0 Å². The van der Waals surface area contributed by atoms with E-state index in [0.717, 1.165) is 5.69 Å². The van der Waals surface area contributed by atoms with E-state index >= 15 is 0 Å². The zero-order valence-corrected chi connectivity index (χ0v) is 13.0. The molecule has 8 nitrogen and oxygen atoms in total. The first kappa shape index (κ1) is 14.3. The molecular weight excluding hydrogens is 328 g/mol. The zero-order chi connectivity index (χ0) is 16.4. The summed E-state index contributed by atoms with van der Waals surface area (Å²) in [5, 5.41) is 11.5. The van der Waals surface area contributed by atoms with Crippen molar-refractivity contribution in [2.24, 2.45) is 4.99 Å². The van der Waals surface area contributed by atoms with Crippen molar-refractivity contribution in [2.45, 2.75) is 0 Å². The molecule has 0 amide bonds. The van der Waals surface area contributed by atoms with Gasteiger partial charge in [0.25, 0.3) is 0 Å². The van der Waals surface area contributed by atoms with Gasteiger partial charge in [-0.15, -0.1) is 0 Å². The molecule has 9 heteroatoms. The van der Waals surface area contributed by atoms with E-state index in [-0.39, 0.29) is 0 Å². The molecule has 24 heavy (non-hydrogen) atoms. The number of nitrogens with zero attached hydrogens (tertiary/aromatic N) is 5. The second kappa shape index (κ2) is 6.09. The number of rotatable bonds is 4.